The summed E-state index contributed by atoms with van der Waals surface area (Å²) in [5.74, 6) is -0.106. The zero-order valence-corrected chi connectivity index (χ0v) is 8.32. The van der Waals surface area contributed by atoms with Gasteiger partial charge >= 0.3 is 5.82 Å². The van der Waals surface area contributed by atoms with Gasteiger partial charge < -0.3 is 15.2 Å². The Morgan fingerprint density at radius 2 is 2.46 bits per heavy atom. The Balaban J connectivity index is 2.96. The number of alkyl halides is 1. The zero-order valence-electron chi connectivity index (χ0n) is 6.73. The molecule has 0 fully saturated rings. The zero-order chi connectivity index (χ0) is 9.84. The normalized spacial score (nSPS) is 10.3. The third-order valence-electron chi connectivity index (χ3n) is 1.57. The van der Waals surface area contributed by atoms with Crippen LogP contribution in [0.25, 0.3) is 0 Å². The van der Waals surface area contributed by atoms with Crippen molar-refractivity contribution in [2.24, 2.45) is 0 Å². The lowest BCUT2D eigenvalue weighted by molar-refractivity contribution is -0.755. The molecule has 7 heteroatoms. The first-order valence-corrected chi connectivity index (χ1v) is 4.74. The SMILES string of the molecule is O=[N+]([O-])c1cc(CO)[n+](CCBr)[nH]1. The minimum absolute atomic E-state index is 0.106. The van der Waals surface area contributed by atoms with Crippen LogP contribution in [0.2, 0.25) is 0 Å². The number of aliphatic hydroxyl groups excluding tert-OH is 1. The van der Waals surface area contributed by atoms with E-state index in [-0.39, 0.29) is 12.4 Å². The van der Waals surface area contributed by atoms with Crippen LogP contribution in [0.1, 0.15) is 5.69 Å². The van der Waals surface area contributed by atoms with Gasteiger partial charge in [0.25, 0.3) is 5.69 Å². The molecule has 0 bridgehead atoms. The van der Waals surface area contributed by atoms with Crippen molar-refractivity contribution in [3.05, 3.63) is 21.9 Å². The minimum atomic E-state index is -0.524. The molecule has 0 aliphatic carbocycles. The molecule has 0 unspecified atom stereocenters. The molecule has 0 aliphatic rings. The number of nitrogens with zero attached hydrogens (tertiary/aromatic N) is 2. The van der Waals surface area contributed by atoms with Crippen LogP contribution in [-0.2, 0) is 13.2 Å². The van der Waals surface area contributed by atoms with Crippen molar-refractivity contribution in [1.29, 1.82) is 0 Å². The third kappa shape index (κ3) is 2.25. The van der Waals surface area contributed by atoms with E-state index in [0.29, 0.717) is 17.6 Å². The van der Waals surface area contributed by atoms with Gasteiger partial charge in [-0.05, 0) is 14.7 Å². The van der Waals surface area contributed by atoms with Crippen molar-refractivity contribution in [1.82, 2.24) is 5.10 Å². The lowest BCUT2D eigenvalue weighted by Crippen LogP contribution is -2.40. The molecule has 1 rings (SSSR count). The Kier molecular flexibility index (Phi) is 3.38. The van der Waals surface area contributed by atoms with E-state index in [4.69, 9.17) is 5.11 Å². The fraction of sp³-hybridized carbons (Fsp3) is 0.500. The molecule has 2 N–H and O–H groups in total. The first-order valence-electron chi connectivity index (χ1n) is 3.62. The molecule has 6 nitrogen and oxygen atoms in total. The van der Waals surface area contributed by atoms with E-state index in [9.17, 15) is 10.1 Å². The smallest absolute Gasteiger partial charge is 0.379 e. The molecule has 0 atom stereocenters. The first kappa shape index (κ1) is 10.1. The number of hydrogen-bond donors (Lipinski definition) is 2. The summed E-state index contributed by atoms with van der Waals surface area (Å²) in [6.07, 6.45) is 0. The van der Waals surface area contributed by atoms with E-state index in [1.165, 1.54) is 10.7 Å². The van der Waals surface area contributed by atoms with Crippen molar-refractivity contribution in [3.8, 4) is 0 Å². The highest BCUT2D eigenvalue weighted by molar-refractivity contribution is 9.09. The molecule has 0 spiro atoms. The Bertz CT molecular complexity index is 312. The number of nitro groups is 1. The predicted molar refractivity (Wildman–Crippen MR) is 47.4 cm³/mol. The van der Waals surface area contributed by atoms with Crippen LogP contribution in [0, 0.1) is 10.1 Å². The molecule has 0 saturated heterocycles. The minimum Gasteiger partial charge on any atom is -0.385 e. The van der Waals surface area contributed by atoms with Crippen molar-refractivity contribution in [2.75, 3.05) is 5.33 Å². The van der Waals surface area contributed by atoms with Crippen molar-refractivity contribution in [3.63, 3.8) is 0 Å². The lowest BCUT2D eigenvalue weighted by atomic mass is 10.4. The largest absolute Gasteiger partial charge is 0.385 e. The second-order valence-corrected chi connectivity index (χ2v) is 3.18. The van der Waals surface area contributed by atoms with E-state index in [0.717, 1.165) is 0 Å². The topological polar surface area (TPSA) is 83.0 Å². The standard InChI is InChI=1S/C6H8BrN3O3/c7-1-2-9-5(4-11)3-6(8-9)10(12)13/h3,11H,1-2,4H2/p+1. The van der Waals surface area contributed by atoms with Crippen molar-refractivity contribution < 1.29 is 14.7 Å². The molecule has 0 saturated carbocycles. The van der Waals surface area contributed by atoms with Gasteiger partial charge in [-0.15, -0.1) is 0 Å². The summed E-state index contributed by atoms with van der Waals surface area (Å²) in [6, 6.07) is 1.32. The number of aliphatic hydroxyl groups is 1. The Morgan fingerprint density at radius 1 is 1.77 bits per heavy atom. The molecule has 0 aromatic carbocycles. The summed E-state index contributed by atoms with van der Waals surface area (Å²) in [6.45, 7) is 0.348. The van der Waals surface area contributed by atoms with Crippen LogP contribution < -0.4 is 4.68 Å². The summed E-state index contributed by atoms with van der Waals surface area (Å²) in [5.41, 5.74) is 0.506. The highest BCUT2D eigenvalue weighted by atomic mass is 79.9. The van der Waals surface area contributed by atoms with Gasteiger partial charge in [-0.1, -0.05) is 15.9 Å². The number of hydrogen-bond acceptors (Lipinski definition) is 3. The first-order chi connectivity index (χ1) is 6.19. The molecule has 0 amide bonds. The van der Waals surface area contributed by atoms with Crippen LogP contribution in [0.4, 0.5) is 5.82 Å². The van der Waals surface area contributed by atoms with E-state index in [1.54, 1.807) is 0 Å². The predicted octanol–water partition coefficient (Wildman–Crippen LogP) is 0.0976. The van der Waals surface area contributed by atoms with Crippen LogP contribution in [0.5, 0.6) is 0 Å². The number of H-pyrrole nitrogens is 1. The average Bonchev–Trinajstić information content (AvgIpc) is 2.48. The van der Waals surface area contributed by atoms with Crippen molar-refractivity contribution >= 4 is 21.7 Å². The van der Waals surface area contributed by atoms with Gasteiger partial charge in [-0.25, -0.2) is 0 Å². The Labute approximate surface area is 82.4 Å². The second-order valence-electron chi connectivity index (χ2n) is 2.39. The van der Waals surface area contributed by atoms with Gasteiger partial charge in [0.15, 0.2) is 0 Å². The summed E-state index contributed by atoms with van der Waals surface area (Å²) >= 11 is 3.20. The van der Waals surface area contributed by atoms with E-state index < -0.39 is 4.92 Å². The highest BCUT2D eigenvalue weighted by Crippen LogP contribution is 2.06. The number of aromatic nitrogens is 2. The molecule has 0 aliphatic heterocycles. The second kappa shape index (κ2) is 4.33. The molecular formula is C6H9BrN3O3+. The third-order valence-corrected chi connectivity index (χ3v) is 1.92. The van der Waals surface area contributed by atoms with Gasteiger partial charge in [-0.2, -0.15) is 0 Å². The van der Waals surface area contributed by atoms with Gasteiger partial charge in [-0.3, -0.25) is 0 Å². The maximum absolute atomic E-state index is 10.4. The number of rotatable bonds is 4. The summed E-state index contributed by atoms with van der Waals surface area (Å²) < 4.78 is 1.53. The number of aromatic amines is 1. The fourth-order valence-corrected chi connectivity index (χ4v) is 1.34. The lowest BCUT2D eigenvalue weighted by Gasteiger charge is -1.86. The molecule has 1 heterocycles. The van der Waals surface area contributed by atoms with Gasteiger partial charge in [0, 0.05) is 0 Å². The van der Waals surface area contributed by atoms with Gasteiger partial charge in [0.05, 0.1) is 5.33 Å². The number of nitrogens with one attached hydrogen (secondary N) is 1. The summed E-state index contributed by atoms with van der Waals surface area (Å²) in [4.78, 5) is 9.83. The van der Waals surface area contributed by atoms with Gasteiger partial charge in [0.1, 0.15) is 12.7 Å². The molecular weight excluding hydrogens is 242 g/mol. The van der Waals surface area contributed by atoms with Crippen LogP contribution in [-0.4, -0.2) is 20.5 Å². The molecule has 0 radical (unpaired) electrons. The Morgan fingerprint density at radius 3 is 2.92 bits per heavy atom. The number of halogens is 1. The maximum Gasteiger partial charge on any atom is 0.379 e. The van der Waals surface area contributed by atoms with Crippen LogP contribution in [0.15, 0.2) is 6.07 Å². The van der Waals surface area contributed by atoms with Crippen LogP contribution >= 0.6 is 15.9 Å². The van der Waals surface area contributed by atoms with E-state index >= 15 is 0 Å². The Hall–Kier alpha value is -0.950. The maximum atomic E-state index is 10.4. The van der Waals surface area contributed by atoms with Crippen LogP contribution in [0.3, 0.4) is 0 Å². The molecule has 13 heavy (non-hydrogen) atoms. The molecule has 1 aromatic rings. The van der Waals surface area contributed by atoms with Crippen molar-refractivity contribution in [2.45, 2.75) is 13.2 Å². The average molecular weight is 251 g/mol. The highest BCUT2D eigenvalue weighted by Gasteiger charge is 2.21. The monoisotopic (exact) mass is 250 g/mol. The fourth-order valence-electron chi connectivity index (χ4n) is 0.987. The molecule has 72 valence electrons. The molecule has 1 aromatic heterocycles. The van der Waals surface area contributed by atoms with E-state index in [1.807, 2.05) is 0 Å². The number of aryl methyl sites for hydroxylation is 1. The van der Waals surface area contributed by atoms with E-state index in [2.05, 4.69) is 21.0 Å². The quantitative estimate of drug-likeness (QED) is 0.344. The summed E-state index contributed by atoms with van der Waals surface area (Å²) in [7, 11) is 0. The van der Waals surface area contributed by atoms with Gasteiger partial charge in [0.2, 0.25) is 6.54 Å². The summed E-state index contributed by atoms with van der Waals surface area (Å²) in [5, 5.41) is 22.4.